The van der Waals surface area contributed by atoms with Crippen LogP contribution in [0.1, 0.15) is 49.0 Å². The first-order valence-corrected chi connectivity index (χ1v) is 6.79. The molecule has 0 aliphatic carbocycles. The Morgan fingerprint density at radius 1 is 1.40 bits per heavy atom. The summed E-state index contributed by atoms with van der Waals surface area (Å²) >= 11 is 0. The van der Waals surface area contributed by atoms with Gasteiger partial charge in [0.15, 0.2) is 0 Å². The molecule has 1 aromatic carbocycles. The maximum absolute atomic E-state index is 12.2. The molecular weight excluding hydrogens is 258 g/mol. The predicted octanol–water partition coefficient (Wildman–Crippen LogP) is 2.16. The highest BCUT2D eigenvalue weighted by Crippen LogP contribution is 2.40. The van der Waals surface area contributed by atoms with E-state index in [1.807, 2.05) is 19.9 Å². The highest BCUT2D eigenvalue weighted by Gasteiger charge is 2.31. The third-order valence-electron chi connectivity index (χ3n) is 3.80. The zero-order chi connectivity index (χ0) is 14.9. The number of hydrogen-bond donors (Lipinski definition) is 2. The van der Waals surface area contributed by atoms with E-state index in [9.17, 15) is 9.59 Å². The van der Waals surface area contributed by atoms with Crippen molar-refractivity contribution in [2.75, 3.05) is 0 Å². The van der Waals surface area contributed by atoms with Crippen LogP contribution in [-0.4, -0.2) is 29.1 Å². The number of benzene rings is 1. The fourth-order valence-electron chi connectivity index (χ4n) is 2.34. The number of hydrogen-bond acceptors (Lipinski definition) is 3. The number of nitrogens with one attached hydrogen (secondary N) is 1. The van der Waals surface area contributed by atoms with Gasteiger partial charge in [0.05, 0.1) is 5.56 Å². The zero-order valence-electron chi connectivity index (χ0n) is 11.8. The van der Waals surface area contributed by atoms with Gasteiger partial charge in [-0.05, 0) is 19.4 Å². The molecule has 0 spiro atoms. The lowest BCUT2D eigenvalue weighted by atomic mass is 9.96. The first kappa shape index (κ1) is 14.4. The van der Waals surface area contributed by atoms with Crippen molar-refractivity contribution in [3.05, 3.63) is 29.3 Å². The molecule has 108 valence electrons. The Hall–Kier alpha value is -2.04. The van der Waals surface area contributed by atoms with E-state index < -0.39 is 17.9 Å². The summed E-state index contributed by atoms with van der Waals surface area (Å²) in [5.74, 6) is -0.641. The van der Waals surface area contributed by atoms with Gasteiger partial charge < -0.3 is 15.2 Å². The summed E-state index contributed by atoms with van der Waals surface area (Å²) in [6, 6.07) is 4.52. The second-order valence-corrected chi connectivity index (χ2v) is 5.11. The van der Waals surface area contributed by atoms with Crippen molar-refractivity contribution in [3.63, 3.8) is 0 Å². The van der Waals surface area contributed by atoms with Gasteiger partial charge in [0.25, 0.3) is 5.91 Å². The number of ether oxygens (including phenoxy) is 1. The largest absolute Gasteiger partial charge is 0.489 e. The summed E-state index contributed by atoms with van der Waals surface area (Å²) in [5.41, 5.74) is 1.40. The van der Waals surface area contributed by atoms with Crippen LogP contribution in [-0.2, 0) is 4.79 Å². The number of carbonyl (C=O) groups excluding carboxylic acids is 1. The molecule has 1 aromatic rings. The number of amides is 1. The molecule has 5 nitrogen and oxygen atoms in total. The molecule has 1 amide bonds. The van der Waals surface area contributed by atoms with E-state index >= 15 is 0 Å². The Morgan fingerprint density at radius 3 is 2.70 bits per heavy atom. The second-order valence-electron chi connectivity index (χ2n) is 5.11. The van der Waals surface area contributed by atoms with E-state index in [0.717, 1.165) is 5.56 Å². The molecule has 2 unspecified atom stereocenters. The van der Waals surface area contributed by atoms with Crippen LogP contribution in [0.15, 0.2) is 18.2 Å². The van der Waals surface area contributed by atoms with Crippen molar-refractivity contribution in [1.82, 2.24) is 5.32 Å². The number of fused-ring (bicyclic) bond motifs is 1. The van der Waals surface area contributed by atoms with E-state index in [-0.39, 0.29) is 12.0 Å². The van der Waals surface area contributed by atoms with Gasteiger partial charge in [-0.3, -0.25) is 4.79 Å². The molecule has 20 heavy (non-hydrogen) atoms. The molecule has 0 saturated heterocycles. The van der Waals surface area contributed by atoms with Gasteiger partial charge in [0, 0.05) is 11.5 Å². The standard InChI is InChI=1S/C15H19NO4/c1-4-12(15(18)19)16-14(17)11-7-5-6-10-8(2)9(3)20-13(10)11/h5-9,12H,4H2,1-3H3,(H,16,17)(H,18,19)/t8?,9?,12-/m0/s1. The Morgan fingerprint density at radius 2 is 2.10 bits per heavy atom. The molecule has 3 atom stereocenters. The smallest absolute Gasteiger partial charge is 0.326 e. The average molecular weight is 277 g/mol. The molecule has 0 fully saturated rings. The maximum atomic E-state index is 12.2. The summed E-state index contributed by atoms with van der Waals surface area (Å²) in [5, 5.41) is 11.5. The topological polar surface area (TPSA) is 75.6 Å². The Bertz CT molecular complexity index is 541. The first-order valence-electron chi connectivity index (χ1n) is 6.79. The second kappa shape index (κ2) is 5.53. The van der Waals surface area contributed by atoms with Crippen LogP contribution >= 0.6 is 0 Å². The summed E-state index contributed by atoms with van der Waals surface area (Å²) in [7, 11) is 0. The fourth-order valence-corrected chi connectivity index (χ4v) is 2.34. The lowest BCUT2D eigenvalue weighted by Gasteiger charge is -2.14. The normalized spacial score (nSPS) is 21.8. The van der Waals surface area contributed by atoms with Crippen molar-refractivity contribution in [3.8, 4) is 5.75 Å². The van der Waals surface area contributed by atoms with Crippen LogP contribution in [0.3, 0.4) is 0 Å². The Labute approximate surface area is 117 Å². The molecule has 1 heterocycles. The summed E-state index contributed by atoms with van der Waals surface area (Å²) in [6.07, 6.45) is 0.351. The minimum atomic E-state index is -1.03. The van der Waals surface area contributed by atoms with Gasteiger partial charge in [-0.1, -0.05) is 26.0 Å². The highest BCUT2D eigenvalue weighted by molar-refractivity contribution is 5.99. The Kier molecular flexibility index (Phi) is 3.97. The highest BCUT2D eigenvalue weighted by atomic mass is 16.5. The van der Waals surface area contributed by atoms with Gasteiger partial charge in [0.2, 0.25) is 0 Å². The van der Waals surface area contributed by atoms with Crippen molar-refractivity contribution < 1.29 is 19.4 Å². The number of aliphatic carboxylic acids is 1. The average Bonchev–Trinajstić information content (AvgIpc) is 2.71. The third kappa shape index (κ3) is 2.48. The number of carboxylic acids is 1. The minimum absolute atomic E-state index is 0.0143. The predicted molar refractivity (Wildman–Crippen MR) is 74.1 cm³/mol. The molecule has 1 aliphatic rings. The van der Waals surface area contributed by atoms with Crippen molar-refractivity contribution >= 4 is 11.9 Å². The van der Waals surface area contributed by atoms with E-state index in [1.54, 1.807) is 19.1 Å². The monoisotopic (exact) mass is 277 g/mol. The molecule has 1 aliphatic heterocycles. The van der Waals surface area contributed by atoms with Gasteiger partial charge in [-0.15, -0.1) is 0 Å². The lowest BCUT2D eigenvalue weighted by molar-refractivity contribution is -0.139. The first-order chi connectivity index (χ1) is 9.45. The minimum Gasteiger partial charge on any atom is -0.489 e. The Balaban J connectivity index is 2.27. The maximum Gasteiger partial charge on any atom is 0.326 e. The molecule has 0 saturated carbocycles. The van der Waals surface area contributed by atoms with E-state index in [4.69, 9.17) is 9.84 Å². The van der Waals surface area contributed by atoms with Crippen LogP contribution in [0.4, 0.5) is 0 Å². The molecule has 0 radical (unpaired) electrons. The summed E-state index contributed by atoms with van der Waals surface area (Å²) < 4.78 is 5.74. The van der Waals surface area contributed by atoms with Gasteiger partial charge in [-0.25, -0.2) is 4.79 Å². The van der Waals surface area contributed by atoms with E-state index in [1.165, 1.54) is 0 Å². The van der Waals surface area contributed by atoms with Crippen LogP contribution < -0.4 is 10.1 Å². The van der Waals surface area contributed by atoms with Crippen molar-refractivity contribution in [2.24, 2.45) is 0 Å². The van der Waals surface area contributed by atoms with Crippen LogP contribution in [0.2, 0.25) is 0 Å². The SMILES string of the molecule is CC[C@H](NC(=O)c1cccc2c1OC(C)C2C)C(=O)O. The number of rotatable bonds is 4. The van der Waals surface area contributed by atoms with Crippen LogP contribution in [0.25, 0.3) is 0 Å². The molecule has 0 aromatic heterocycles. The van der Waals surface area contributed by atoms with Gasteiger partial charge >= 0.3 is 5.97 Å². The van der Waals surface area contributed by atoms with E-state index in [0.29, 0.717) is 17.7 Å². The lowest BCUT2D eigenvalue weighted by Crippen LogP contribution is -2.40. The molecule has 5 heteroatoms. The van der Waals surface area contributed by atoms with E-state index in [2.05, 4.69) is 5.32 Å². The fraction of sp³-hybridized carbons (Fsp3) is 0.467. The molecule has 2 N–H and O–H groups in total. The third-order valence-corrected chi connectivity index (χ3v) is 3.80. The zero-order valence-corrected chi connectivity index (χ0v) is 11.8. The molecular formula is C15H19NO4. The number of para-hydroxylation sites is 1. The molecule has 2 rings (SSSR count). The molecule has 0 bridgehead atoms. The van der Waals surface area contributed by atoms with Crippen LogP contribution in [0, 0.1) is 0 Å². The number of carbonyl (C=O) groups is 2. The van der Waals surface area contributed by atoms with Crippen molar-refractivity contribution in [1.29, 1.82) is 0 Å². The summed E-state index contributed by atoms with van der Waals surface area (Å²) in [6.45, 7) is 5.72. The van der Waals surface area contributed by atoms with Gasteiger partial charge in [-0.2, -0.15) is 0 Å². The van der Waals surface area contributed by atoms with Crippen LogP contribution in [0.5, 0.6) is 5.75 Å². The van der Waals surface area contributed by atoms with Crippen molar-refractivity contribution in [2.45, 2.75) is 45.3 Å². The quantitative estimate of drug-likeness (QED) is 0.884. The number of carboxylic acid groups (broad SMARTS) is 1. The van der Waals surface area contributed by atoms with Gasteiger partial charge in [0.1, 0.15) is 17.9 Å². The summed E-state index contributed by atoms with van der Waals surface area (Å²) in [4.78, 5) is 23.2.